The molecule has 0 aliphatic carbocycles. The van der Waals surface area contributed by atoms with E-state index in [1.54, 1.807) is 17.0 Å². The van der Waals surface area contributed by atoms with E-state index >= 15 is 0 Å². The highest BCUT2D eigenvalue weighted by atomic mass is 35.5. The average Bonchev–Trinajstić information content (AvgIpc) is 2.90. The Balaban J connectivity index is 1.98. The number of esters is 1. The number of carbonyl (C=O) groups excluding carboxylic acids is 2. The Morgan fingerprint density at radius 3 is 2.90 bits per heavy atom. The van der Waals surface area contributed by atoms with Crippen molar-refractivity contribution < 1.29 is 19.1 Å². The topological polar surface area (TPSA) is 55.8 Å². The van der Waals surface area contributed by atoms with Gasteiger partial charge in [-0.05, 0) is 30.7 Å². The molecule has 0 radical (unpaired) electrons. The molecule has 0 saturated carbocycles. The van der Waals surface area contributed by atoms with Gasteiger partial charge in [0.15, 0.2) is 6.10 Å². The van der Waals surface area contributed by atoms with Crippen LogP contribution in [0.3, 0.4) is 0 Å². The first-order chi connectivity index (χ1) is 10.0. The zero-order valence-corrected chi connectivity index (χ0v) is 12.9. The van der Waals surface area contributed by atoms with Gasteiger partial charge in [-0.2, -0.15) is 0 Å². The highest BCUT2D eigenvalue weighted by Gasteiger charge is 2.32. The molecule has 1 amide bonds. The van der Waals surface area contributed by atoms with Crippen LogP contribution in [0.1, 0.15) is 18.9 Å². The van der Waals surface area contributed by atoms with Crippen LogP contribution in [0.25, 0.3) is 0 Å². The molecule has 0 N–H and O–H groups in total. The summed E-state index contributed by atoms with van der Waals surface area (Å²) in [6.45, 7) is 2.72. The van der Waals surface area contributed by atoms with Crippen LogP contribution < -0.4 is 4.74 Å². The Kier molecular flexibility index (Phi) is 5.07. The predicted octanol–water partition coefficient (Wildman–Crippen LogP) is 2.06. The summed E-state index contributed by atoms with van der Waals surface area (Å²) in [6.07, 6.45) is 0.140. The maximum Gasteiger partial charge on any atom is 0.307 e. The molecular formula is C15H18ClNO4. The van der Waals surface area contributed by atoms with Crippen molar-refractivity contribution in [1.82, 2.24) is 4.90 Å². The Labute approximate surface area is 128 Å². The van der Waals surface area contributed by atoms with Gasteiger partial charge in [0.1, 0.15) is 5.75 Å². The van der Waals surface area contributed by atoms with Gasteiger partial charge < -0.3 is 14.4 Å². The SMILES string of the molecule is CCN(CCC(=O)OC)C(=O)C1Cc2cc(Cl)ccc2O1. The molecular weight excluding hydrogens is 294 g/mol. The number of nitrogens with zero attached hydrogens (tertiary/aromatic N) is 1. The van der Waals surface area contributed by atoms with Crippen molar-refractivity contribution >= 4 is 23.5 Å². The fraction of sp³-hybridized carbons (Fsp3) is 0.467. The molecule has 0 fully saturated rings. The summed E-state index contributed by atoms with van der Waals surface area (Å²) in [4.78, 5) is 25.2. The molecule has 2 rings (SSSR count). The second-order valence-corrected chi connectivity index (χ2v) is 5.24. The van der Waals surface area contributed by atoms with E-state index in [-0.39, 0.29) is 18.3 Å². The number of halogens is 1. The maximum absolute atomic E-state index is 12.4. The van der Waals surface area contributed by atoms with Crippen molar-refractivity contribution in [3.05, 3.63) is 28.8 Å². The third-order valence-corrected chi connectivity index (χ3v) is 3.71. The fourth-order valence-electron chi connectivity index (χ4n) is 2.31. The van der Waals surface area contributed by atoms with Crippen molar-refractivity contribution in [2.75, 3.05) is 20.2 Å². The molecule has 0 saturated heterocycles. The van der Waals surface area contributed by atoms with Gasteiger partial charge in [0, 0.05) is 24.5 Å². The van der Waals surface area contributed by atoms with E-state index in [9.17, 15) is 9.59 Å². The van der Waals surface area contributed by atoms with Gasteiger partial charge in [-0.1, -0.05) is 11.6 Å². The summed E-state index contributed by atoms with van der Waals surface area (Å²) in [5, 5.41) is 0.628. The largest absolute Gasteiger partial charge is 0.480 e. The van der Waals surface area contributed by atoms with Crippen molar-refractivity contribution in [3.63, 3.8) is 0 Å². The summed E-state index contributed by atoms with van der Waals surface area (Å²) < 4.78 is 10.3. The lowest BCUT2D eigenvalue weighted by Gasteiger charge is -2.23. The molecule has 1 unspecified atom stereocenters. The molecule has 1 aromatic rings. The number of carbonyl (C=O) groups is 2. The minimum absolute atomic E-state index is 0.117. The summed E-state index contributed by atoms with van der Waals surface area (Å²) >= 11 is 5.94. The van der Waals surface area contributed by atoms with E-state index in [0.29, 0.717) is 30.3 Å². The second kappa shape index (κ2) is 6.80. The molecule has 6 heteroatoms. The zero-order chi connectivity index (χ0) is 15.4. The molecule has 0 spiro atoms. The molecule has 0 bridgehead atoms. The van der Waals surface area contributed by atoms with Crippen molar-refractivity contribution in [2.24, 2.45) is 0 Å². The van der Waals surface area contributed by atoms with Crippen LogP contribution >= 0.6 is 11.6 Å². The average molecular weight is 312 g/mol. The third kappa shape index (κ3) is 3.67. The van der Waals surface area contributed by atoms with Gasteiger partial charge in [-0.3, -0.25) is 9.59 Å². The van der Waals surface area contributed by atoms with E-state index in [1.807, 2.05) is 13.0 Å². The molecule has 5 nitrogen and oxygen atoms in total. The molecule has 1 heterocycles. The number of methoxy groups -OCH3 is 1. The molecule has 1 aliphatic rings. The molecule has 0 aromatic heterocycles. The van der Waals surface area contributed by atoms with Crippen LogP contribution in [0.4, 0.5) is 0 Å². The second-order valence-electron chi connectivity index (χ2n) is 4.81. The lowest BCUT2D eigenvalue weighted by molar-refractivity contribution is -0.143. The number of ether oxygens (including phenoxy) is 2. The Hall–Kier alpha value is -1.75. The summed E-state index contributed by atoms with van der Waals surface area (Å²) in [6, 6.07) is 5.33. The maximum atomic E-state index is 12.4. The van der Waals surface area contributed by atoms with Crippen LogP contribution in [0, 0.1) is 0 Å². The first-order valence-corrected chi connectivity index (χ1v) is 7.23. The van der Waals surface area contributed by atoms with Gasteiger partial charge in [0.2, 0.25) is 0 Å². The Morgan fingerprint density at radius 1 is 1.48 bits per heavy atom. The van der Waals surface area contributed by atoms with Crippen molar-refractivity contribution in [3.8, 4) is 5.75 Å². The highest BCUT2D eigenvalue weighted by Crippen LogP contribution is 2.31. The van der Waals surface area contributed by atoms with E-state index in [4.69, 9.17) is 16.3 Å². The minimum atomic E-state index is -0.545. The number of benzene rings is 1. The number of rotatable bonds is 5. The Bertz CT molecular complexity index is 546. The number of hydrogen-bond donors (Lipinski definition) is 0. The monoisotopic (exact) mass is 311 g/mol. The molecule has 1 aromatic carbocycles. The molecule has 114 valence electrons. The summed E-state index contributed by atoms with van der Waals surface area (Å²) in [5.41, 5.74) is 0.935. The fourth-order valence-corrected chi connectivity index (χ4v) is 2.51. The van der Waals surface area contributed by atoms with Gasteiger partial charge in [-0.25, -0.2) is 0 Å². The number of amides is 1. The standard InChI is InChI=1S/C15H18ClNO4/c1-3-17(7-6-14(18)20-2)15(19)13-9-10-8-11(16)4-5-12(10)21-13/h4-5,8,13H,3,6-7,9H2,1-2H3. The first kappa shape index (κ1) is 15.6. The van der Waals surface area contributed by atoms with Crippen molar-refractivity contribution in [2.45, 2.75) is 25.9 Å². The highest BCUT2D eigenvalue weighted by molar-refractivity contribution is 6.30. The zero-order valence-electron chi connectivity index (χ0n) is 12.1. The van der Waals surface area contributed by atoms with Crippen LogP contribution in [0.5, 0.6) is 5.75 Å². The van der Waals surface area contributed by atoms with E-state index in [2.05, 4.69) is 4.74 Å². The van der Waals surface area contributed by atoms with E-state index < -0.39 is 6.10 Å². The number of likely N-dealkylation sites (N-methyl/N-ethyl adjacent to an activating group) is 1. The van der Waals surface area contributed by atoms with E-state index in [0.717, 1.165) is 5.56 Å². The van der Waals surface area contributed by atoms with Crippen LogP contribution in [-0.4, -0.2) is 43.1 Å². The summed E-state index contributed by atoms with van der Waals surface area (Å²) in [5.74, 6) is 0.249. The van der Waals surface area contributed by atoms with E-state index in [1.165, 1.54) is 7.11 Å². The molecule has 1 aliphatic heterocycles. The lowest BCUT2D eigenvalue weighted by Crippen LogP contribution is -2.42. The van der Waals surface area contributed by atoms with Crippen LogP contribution in [-0.2, 0) is 20.7 Å². The normalized spacial score (nSPS) is 16.0. The smallest absolute Gasteiger partial charge is 0.307 e. The molecule has 21 heavy (non-hydrogen) atoms. The van der Waals surface area contributed by atoms with Crippen molar-refractivity contribution in [1.29, 1.82) is 0 Å². The van der Waals surface area contributed by atoms with Gasteiger partial charge >= 0.3 is 5.97 Å². The predicted molar refractivity (Wildman–Crippen MR) is 78.5 cm³/mol. The minimum Gasteiger partial charge on any atom is -0.480 e. The van der Waals surface area contributed by atoms with Gasteiger partial charge in [0.25, 0.3) is 5.91 Å². The Morgan fingerprint density at radius 2 is 2.24 bits per heavy atom. The van der Waals surface area contributed by atoms with Crippen LogP contribution in [0.15, 0.2) is 18.2 Å². The van der Waals surface area contributed by atoms with Gasteiger partial charge in [0.05, 0.1) is 13.5 Å². The third-order valence-electron chi connectivity index (χ3n) is 3.48. The van der Waals surface area contributed by atoms with Crippen LogP contribution in [0.2, 0.25) is 5.02 Å². The summed E-state index contributed by atoms with van der Waals surface area (Å²) in [7, 11) is 1.33. The molecule has 1 atom stereocenters. The quantitative estimate of drug-likeness (QED) is 0.781. The first-order valence-electron chi connectivity index (χ1n) is 6.85. The van der Waals surface area contributed by atoms with Gasteiger partial charge in [-0.15, -0.1) is 0 Å². The number of fused-ring (bicyclic) bond motifs is 1. The number of hydrogen-bond acceptors (Lipinski definition) is 4. The lowest BCUT2D eigenvalue weighted by atomic mass is 10.1.